The maximum absolute atomic E-state index is 5.86. The Morgan fingerprint density at radius 3 is 2.33 bits per heavy atom. The molecule has 1 aliphatic heterocycles. The van der Waals surface area contributed by atoms with Gasteiger partial charge in [-0.3, -0.25) is 4.90 Å². The molecular weight excluding hydrogens is 320 g/mol. The third-order valence-electron chi connectivity index (χ3n) is 4.56. The number of benzene rings is 2. The molecule has 1 heterocycles. The normalized spacial score (nSPS) is 15.0. The van der Waals surface area contributed by atoms with Crippen molar-refractivity contribution in [1.29, 1.82) is 0 Å². The van der Waals surface area contributed by atoms with Crippen molar-refractivity contribution in [3.8, 4) is 0 Å². The number of para-hydroxylation sites is 1. The van der Waals surface area contributed by atoms with Crippen molar-refractivity contribution in [3.63, 3.8) is 0 Å². The number of hydrogen-bond donors (Lipinski definition) is 1. The summed E-state index contributed by atoms with van der Waals surface area (Å²) in [6.45, 7) is 6.57. The minimum Gasteiger partial charge on any atom is -0.399 e. The van der Waals surface area contributed by atoms with Crippen LogP contribution in [0.4, 0.5) is 17.1 Å². The van der Waals surface area contributed by atoms with Gasteiger partial charge in [-0.1, -0.05) is 24.3 Å². The average molecular weight is 347 g/mol. The lowest BCUT2D eigenvalue weighted by atomic mass is 10.2. The zero-order valence-corrected chi connectivity index (χ0v) is 15.1. The average Bonchev–Trinajstić information content (AvgIpc) is 2.61. The molecule has 5 heteroatoms. The van der Waals surface area contributed by atoms with E-state index < -0.39 is 0 Å². The maximum atomic E-state index is 5.86. The highest BCUT2D eigenvalue weighted by Crippen LogP contribution is 2.17. The van der Waals surface area contributed by atoms with E-state index in [4.69, 9.17) is 5.73 Å². The van der Waals surface area contributed by atoms with Gasteiger partial charge in [-0.2, -0.15) is 0 Å². The summed E-state index contributed by atoms with van der Waals surface area (Å²) in [4.78, 5) is 7.29. The van der Waals surface area contributed by atoms with Crippen molar-refractivity contribution < 1.29 is 0 Å². The minimum absolute atomic E-state index is 0. The van der Waals surface area contributed by atoms with Gasteiger partial charge >= 0.3 is 0 Å². The van der Waals surface area contributed by atoms with Crippen LogP contribution in [0.25, 0.3) is 0 Å². The van der Waals surface area contributed by atoms with E-state index in [1.165, 1.54) is 11.4 Å². The number of halogens is 1. The lowest BCUT2D eigenvalue weighted by molar-refractivity contribution is 0.264. The molecule has 2 N–H and O–H groups in total. The molecule has 1 aliphatic rings. The SMILES string of the molecule is CN(CCN1CCN(c2ccccc2)CC1)c1cccc(N)c1.Cl. The number of anilines is 3. The minimum atomic E-state index is 0. The summed E-state index contributed by atoms with van der Waals surface area (Å²) in [7, 11) is 2.13. The Morgan fingerprint density at radius 2 is 1.67 bits per heavy atom. The summed E-state index contributed by atoms with van der Waals surface area (Å²) >= 11 is 0. The molecule has 1 fully saturated rings. The zero-order chi connectivity index (χ0) is 16.1. The molecule has 2 aromatic rings. The third kappa shape index (κ3) is 4.79. The molecule has 24 heavy (non-hydrogen) atoms. The Hall–Kier alpha value is -1.91. The van der Waals surface area contributed by atoms with Gasteiger partial charge in [-0.05, 0) is 30.3 Å². The van der Waals surface area contributed by atoms with E-state index in [0.717, 1.165) is 45.0 Å². The van der Waals surface area contributed by atoms with Gasteiger partial charge in [0.15, 0.2) is 0 Å². The van der Waals surface area contributed by atoms with Gasteiger partial charge in [-0.15, -0.1) is 12.4 Å². The second kappa shape index (κ2) is 8.81. The van der Waals surface area contributed by atoms with E-state index in [1.807, 2.05) is 18.2 Å². The Balaban J connectivity index is 0.00000208. The van der Waals surface area contributed by atoms with E-state index >= 15 is 0 Å². The molecule has 0 bridgehead atoms. The second-order valence-electron chi connectivity index (χ2n) is 6.18. The first kappa shape index (κ1) is 18.4. The Bertz CT molecular complexity index is 612. The molecule has 3 rings (SSSR count). The van der Waals surface area contributed by atoms with Crippen molar-refractivity contribution in [1.82, 2.24) is 4.90 Å². The smallest absolute Gasteiger partial charge is 0.0384 e. The van der Waals surface area contributed by atoms with Gasteiger partial charge in [0.1, 0.15) is 0 Å². The van der Waals surface area contributed by atoms with Crippen LogP contribution in [0.1, 0.15) is 0 Å². The fourth-order valence-electron chi connectivity index (χ4n) is 3.05. The van der Waals surface area contributed by atoms with Crippen LogP contribution in [0.3, 0.4) is 0 Å². The second-order valence-corrected chi connectivity index (χ2v) is 6.18. The van der Waals surface area contributed by atoms with Crippen LogP contribution < -0.4 is 15.5 Å². The van der Waals surface area contributed by atoms with Crippen LogP contribution in [-0.4, -0.2) is 51.2 Å². The van der Waals surface area contributed by atoms with Gasteiger partial charge in [0, 0.05) is 63.4 Å². The summed E-state index contributed by atoms with van der Waals surface area (Å²) in [6, 6.07) is 18.8. The van der Waals surface area contributed by atoms with Crippen LogP contribution in [0.5, 0.6) is 0 Å². The van der Waals surface area contributed by atoms with Crippen molar-refractivity contribution >= 4 is 29.5 Å². The highest BCUT2D eigenvalue weighted by Gasteiger charge is 2.17. The molecule has 0 atom stereocenters. The highest BCUT2D eigenvalue weighted by atomic mass is 35.5. The number of likely N-dealkylation sites (N-methyl/N-ethyl adjacent to an activating group) is 1. The molecule has 0 saturated carbocycles. The highest BCUT2D eigenvalue weighted by molar-refractivity contribution is 5.85. The fraction of sp³-hybridized carbons (Fsp3) is 0.368. The molecule has 0 spiro atoms. The van der Waals surface area contributed by atoms with Gasteiger partial charge in [-0.25, -0.2) is 0 Å². The molecule has 0 radical (unpaired) electrons. The molecule has 0 aromatic heterocycles. The largest absolute Gasteiger partial charge is 0.399 e. The molecule has 0 aliphatic carbocycles. The monoisotopic (exact) mass is 346 g/mol. The van der Waals surface area contributed by atoms with Gasteiger partial charge in [0.2, 0.25) is 0 Å². The Labute approximate surface area is 151 Å². The topological polar surface area (TPSA) is 35.7 Å². The van der Waals surface area contributed by atoms with Gasteiger partial charge in [0.05, 0.1) is 0 Å². The number of rotatable bonds is 5. The van der Waals surface area contributed by atoms with Crippen LogP contribution in [-0.2, 0) is 0 Å². The molecule has 0 unspecified atom stereocenters. The van der Waals surface area contributed by atoms with Crippen LogP contribution in [0, 0.1) is 0 Å². The van der Waals surface area contributed by atoms with E-state index in [1.54, 1.807) is 0 Å². The molecular formula is C19H27ClN4. The third-order valence-corrected chi connectivity index (χ3v) is 4.56. The molecule has 130 valence electrons. The first-order chi connectivity index (χ1) is 11.2. The molecule has 1 saturated heterocycles. The fourth-order valence-corrected chi connectivity index (χ4v) is 3.05. The standard InChI is InChI=1S/C19H26N4.ClH/c1-21(19-9-5-6-17(20)16-19)10-11-22-12-14-23(15-13-22)18-7-3-2-4-8-18;/h2-9,16H,10-15,20H2,1H3;1H. The predicted molar refractivity (Wildman–Crippen MR) is 106 cm³/mol. The first-order valence-corrected chi connectivity index (χ1v) is 8.31. The summed E-state index contributed by atoms with van der Waals surface area (Å²) in [6.07, 6.45) is 0. The van der Waals surface area contributed by atoms with E-state index in [9.17, 15) is 0 Å². The van der Waals surface area contributed by atoms with E-state index in [-0.39, 0.29) is 12.4 Å². The van der Waals surface area contributed by atoms with Crippen molar-refractivity contribution in [2.75, 3.05) is 61.8 Å². The summed E-state index contributed by atoms with van der Waals surface area (Å²) in [5, 5.41) is 0. The number of nitrogens with two attached hydrogens (primary N) is 1. The summed E-state index contributed by atoms with van der Waals surface area (Å²) in [5.41, 5.74) is 9.21. The number of piperazine rings is 1. The Morgan fingerprint density at radius 1 is 0.958 bits per heavy atom. The molecule has 4 nitrogen and oxygen atoms in total. The molecule has 2 aromatic carbocycles. The number of hydrogen-bond acceptors (Lipinski definition) is 4. The van der Waals surface area contributed by atoms with E-state index in [2.05, 4.69) is 58.1 Å². The van der Waals surface area contributed by atoms with Crippen LogP contribution in [0.15, 0.2) is 54.6 Å². The Kier molecular flexibility index (Phi) is 6.76. The number of nitrogen functional groups attached to an aromatic ring is 1. The first-order valence-electron chi connectivity index (χ1n) is 8.31. The maximum Gasteiger partial charge on any atom is 0.0384 e. The van der Waals surface area contributed by atoms with Gasteiger partial charge < -0.3 is 15.5 Å². The zero-order valence-electron chi connectivity index (χ0n) is 14.3. The van der Waals surface area contributed by atoms with E-state index in [0.29, 0.717) is 0 Å². The van der Waals surface area contributed by atoms with Gasteiger partial charge in [0.25, 0.3) is 0 Å². The lowest BCUT2D eigenvalue weighted by Gasteiger charge is -2.37. The predicted octanol–water partition coefficient (Wildman–Crippen LogP) is 2.95. The quantitative estimate of drug-likeness (QED) is 0.844. The summed E-state index contributed by atoms with van der Waals surface area (Å²) < 4.78 is 0. The van der Waals surface area contributed by atoms with Crippen molar-refractivity contribution in [3.05, 3.63) is 54.6 Å². The van der Waals surface area contributed by atoms with Crippen molar-refractivity contribution in [2.45, 2.75) is 0 Å². The molecule has 0 amide bonds. The van der Waals surface area contributed by atoms with Crippen LogP contribution >= 0.6 is 12.4 Å². The van der Waals surface area contributed by atoms with Crippen molar-refractivity contribution in [2.24, 2.45) is 0 Å². The summed E-state index contributed by atoms with van der Waals surface area (Å²) in [5.74, 6) is 0. The lowest BCUT2D eigenvalue weighted by Crippen LogP contribution is -2.48. The van der Waals surface area contributed by atoms with Crippen LogP contribution in [0.2, 0.25) is 0 Å². The number of nitrogens with zero attached hydrogens (tertiary/aromatic N) is 3.